The first-order valence-corrected chi connectivity index (χ1v) is 6.27. The summed E-state index contributed by atoms with van der Waals surface area (Å²) in [4.78, 5) is 0. The van der Waals surface area contributed by atoms with Crippen LogP contribution < -0.4 is 5.32 Å². The van der Waals surface area contributed by atoms with Gasteiger partial charge in [0.05, 0.1) is 0 Å². The van der Waals surface area contributed by atoms with E-state index >= 15 is 0 Å². The number of hydrogen-bond acceptors (Lipinski definition) is 1. The summed E-state index contributed by atoms with van der Waals surface area (Å²) in [7, 11) is 0. The highest BCUT2D eigenvalue weighted by Gasteiger charge is 2.40. The minimum Gasteiger partial charge on any atom is -0.377 e. The Balaban J connectivity index is 1.93. The molecule has 1 aromatic rings. The van der Waals surface area contributed by atoms with Gasteiger partial charge in [-0.2, -0.15) is 0 Å². The predicted molar refractivity (Wildman–Crippen MR) is 59.1 cm³/mol. The largest absolute Gasteiger partial charge is 0.377 e. The zero-order chi connectivity index (χ0) is 13.7. The molecule has 0 aliphatic heterocycles. The number of halogens is 5. The zero-order valence-corrected chi connectivity index (χ0v) is 9.95. The molecule has 2 aliphatic rings. The van der Waals surface area contributed by atoms with Crippen LogP contribution in [0.3, 0.4) is 0 Å². The number of fused-ring (bicyclic) bond motifs is 2. The van der Waals surface area contributed by atoms with Gasteiger partial charge >= 0.3 is 0 Å². The van der Waals surface area contributed by atoms with Crippen LogP contribution in [0.15, 0.2) is 0 Å². The second-order valence-electron chi connectivity index (χ2n) is 5.37. The number of hydrogen-bond donors (Lipinski definition) is 1. The van der Waals surface area contributed by atoms with E-state index in [1.165, 1.54) is 0 Å². The monoisotopic (exact) mass is 277 g/mol. The van der Waals surface area contributed by atoms with Crippen molar-refractivity contribution in [3.8, 4) is 0 Å². The molecule has 0 heterocycles. The molecule has 0 radical (unpaired) electrons. The fourth-order valence-corrected chi connectivity index (χ4v) is 3.34. The van der Waals surface area contributed by atoms with Crippen LogP contribution in [-0.4, -0.2) is 6.04 Å². The van der Waals surface area contributed by atoms with Crippen LogP contribution in [-0.2, 0) is 0 Å². The summed E-state index contributed by atoms with van der Waals surface area (Å²) in [6.07, 6.45) is 3.72. The highest BCUT2D eigenvalue weighted by atomic mass is 19.2. The quantitative estimate of drug-likeness (QED) is 0.490. The smallest absolute Gasteiger partial charge is 0.200 e. The standard InChI is InChI=1S/C13H12F5N/c14-8-9(15)11(17)13(12(18)10(8)16)19-7-4-5-1-2-6(7)3-5/h5-7,19H,1-4H2/t5-,6+,7+/m0/s1. The van der Waals surface area contributed by atoms with Crippen LogP contribution in [0.5, 0.6) is 0 Å². The van der Waals surface area contributed by atoms with Gasteiger partial charge in [-0.3, -0.25) is 0 Å². The maximum atomic E-state index is 13.5. The lowest BCUT2D eigenvalue weighted by Gasteiger charge is -2.24. The molecule has 0 amide bonds. The molecule has 0 saturated heterocycles. The molecule has 1 aromatic carbocycles. The van der Waals surface area contributed by atoms with Crippen molar-refractivity contribution in [2.45, 2.75) is 31.7 Å². The molecule has 2 bridgehead atoms. The summed E-state index contributed by atoms with van der Waals surface area (Å²) in [6, 6.07) is -0.202. The van der Waals surface area contributed by atoms with Crippen LogP contribution in [0.25, 0.3) is 0 Å². The van der Waals surface area contributed by atoms with Gasteiger partial charge in [0.1, 0.15) is 5.69 Å². The van der Waals surface area contributed by atoms with E-state index in [9.17, 15) is 22.0 Å². The molecule has 2 fully saturated rings. The Hall–Kier alpha value is -1.33. The SMILES string of the molecule is Fc1c(F)c(F)c(N[C@@H]2C[C@H]3CC[C@@H]2C3)c(F)c1F. The second-order valence-corrected chi connectivity index (χ2v) is 5.37. The Labute approximate surface area is 106 Å². The summed E-state index contributed by atoms with van der Waals surface area (Å²) in [6.45, 7) is 0. The maximum absolute atomic E-state index is 13.5. The third-order valence-corrected chi connectivity index (χ3v) is 4.28. The van der Waals surface area contributed by atoms with Gasteiger partial charge in [0, 0.05) is 6.04 Å². The normalized spacial score (nSPS) is 29.0. The summed E-state index contributed by atoms with van der Waals surface area (Å²) < 4.78 is 66.1. The van der Waals surface area contributed by atoms with E-state index in [1.807, 2.05) is 0 Å². The van der Waals surface area contributed by atoms with Crippen molar-refractivity contribution in [2.24, 2.45) is 11.8 Å². The van der Waals surface area contributed by atoms with Gasteiger partial charge in [0.15, 0.2) is 23.3 Å². The highest BCUT2D eigenvalue weighted by Crippen LogP contribution is 2.46. The fourth-order valence-electron chi connectivity index (χ4n) is 3.34. The van der Waals surface area contributed by atoms with Crippen molar-refractivity contribution in [1.29, 1.82) is 0 Å². The molecule has 2 saturated carbocycles. The Morgan fingerprint density at radius 1 is 0.737 bits per heavy atom. The zero-order valence-electron chi connectivity index (χ0n) is 9.95. The van der Waals surface area contributed by atoms with Gasteiger partial charge in [-0.25, -0.2) is 22.0 Å². The predicted octanol–water partition coefficient (Wildman–Crippen LogP) is 3.98. The highest BCUT2D eigenvalue weighted by molar-refractivity contribution is 5.49. The first-order valence-electron chi connectivity index (χ1n) is 6.27. The fraction of sp³-hybridized carbons (Fsp3) is 0.538. The Kier molecular flexibility index (Phi) is 2.91. The first-order chi connectivity index (χ1) is 8.99. The van der Waals surface area contributed by atoms with Crippen LogP contribution in [0, 0.1) is 40.9 Å². The number of nitrogens with one attached hydrogen (secondary N) is 1. The van der Waals surface area contributed by atoms with Gasteiger partial charge in [-0.15, -0.1) is 0 Å². The molecule has 1 N–H and O–H groups in total. The van der Waals surface area contributed by atoms with Gasteiger partial charge < -0.3 is 5.32 Å². The summed E-state index contributed by atoms with van der Waals surface area (Å²) in [5.41, 5.74) is -0.894. The van der Waals surface area contributed by atoms with E-state index in [1.54, 1.807) is 0 Å². The minimum atomic E-state index is -2.12. The van der Waals surface area contributed by atoms with Crippen LogP contribution in [0.2, 0.25) is 0 Å². The van der Waals surface area contributed by atoms with Gasteiger partial charge in [0.2, 0.25) is 5.82 Å². The van der Waals surface area contributed by atoms with Crippen LogP contribution in [0.1, 0.15) is 25.7 Å². The van der Waals surface area contributed by atoms with Crippen LogP contribution in [0.4, 0.5) is 27.6 Å². The molecule has 6 heteroatoms. The van der Waals surface area contributed by atoms with E-state index < -0.39 is 34.8 Å². The molecule has 3 atom stereocenters. The topological polar surface area (TPSA) is 12.0 Å². The lowest BCUT2D eigenvalue weighted by atomic mass is 9.95. The summed E-state index contributed by atoms with van der Waals surface area (Å²) in [5, 5.41) is 2.52. The van der Waals surface area contributed by atoms with E-state index in [4.69, 9.17) is 0 Å². The molecule has 0 unspecified atom stereocenters. The van der Waals surface area contributed by atoms with E-state index in [-0.39, 0.29) is 12.0 Å². The average molecular weight is 277 g/mol. The Bertz CT molecular complexity index is 501. The summed E-state index contributed by atoms with van der Waals surface area (Å²) in [5.74, 6) is -8.70. The van der Waals surface area contributed by atoms with Crippen molar-refractivity contribution < 1.29 is 22.0 Å². The molecular formula is C13H12F5N. The third kappa shape index (κ3) is 1.88. The second kappa shape index (κ2) is 4.35. The van der Waals surface area contributed by atoms with E-state index in [0.717, 1.165) is 25.7 Å². The van der Waals surface area contributed by atoms with E-state index in [0.29, 0.717) is 5.92 Å². The van der Waals surface area contributed by atoms with Gasteiger partial charge in [-0.05, 0) is 31.1 Å². The third-order valence-electron chi connectivity index (χ3n) is 4.28. The van der Waals surface area contributed by atoms with E-state index in [2.05, 4.69) is 5.32 Å². The average Bonchev–Trinajstić information content (AvgIpc) is 3.01. The first kappa shape index (κ1) is 12.7. The molecular weight excluding hydrogens is 265 g/mol. The maximum Gasteiger partial charge on any atom is 0.200 e. The minimum absolute atomic E-state index is 0.202. The lowest BCUT2D eigenvalue weighted by Crippen LogP contribution is -2.27. The number of benzene rings is 1. The molecule has 19 heavy (non-hydrogen) atoms. The van der Waals surface area contributed by atoms with Crippen molar-refractivity contribution in [3.63, 3.8) is 0 Å². The van der Waals surface area contributed by atoms with Crippen molar-refractivity contribution >= 4 is 5.69 Å². The lowest BCUT2D eigenvalue weighted by molar-refractivity contribution is 0.377. The molecule has 0 aromatic heterocycles. The Morgan fingerprint density at radius 3 is 1.79 bits per heavy atom. The van der Waals surface area contributed by atoms with Crippen molar-refractivity contribution in [3.05, 3.63) is 29.1 Å². The number of anilines is 1. The number of rotatable bonds is 2. The van der Waals surface area contributed by atoms with Crippen molar-refractivity contribution in [1.82, 2.24) is 0 Å². The molecule has 1 nitrogen and oxygen atoms in total. The van der Waals surface area contributed by atoms with Gasteiger partial charge in [-0.1, -0.05) is 6.42 Å². The molecule has 104 valence electrons. The molecule has 0 spiro atoms. The van der Waals surface area contributed by atoms with Crippen molar-refractivity contribution in [2.75, 3.05) is 5.32 Å². The molecule has 3 rings (SSSR count). The van der Waals surface area contributed by atoms with Crippen LogP contribution >= 0.6 is 0 Å². The molecule has 2 aliphatic carbocycles. The van der Waals surface area contributed by atoms with Gasteiger partial charge in [0.25, 0.3) is 0 Å². The Morgan fingerprint density at radius 2 is 1.32 bits per heavy atom. The summed E-state index contributed by atoms with van der Waals surface area (Å²) >= 11 is 0.